The molecule has 0 unspecified atom stereocenters. The third-order valence-electron chi connectivity index (χ3n) is 5.40. The van der Waals surface area contributed by atoms with E-state index in [1.165, 1.54) is 21.9 Å². The molecule has 5 rings (SSSR count). The molecule has 4 aromatic rings. The van der Waals surface area contributed by atoms with Crippen molar-refractivity contribution >= 4 is 21.6 Å². The topological polar surface area (TPSA) is 39.0 Å². The second-order valence-electron chi connectivity index (χ2n) is 7.35. The van der Waals surface area contributed by atoms with Crippen LogP contribution in [-0.2, 0) is 10.8 Å². The predicted molar refractivity (Wildman–Crippen MR) is 115 cm³/mol. The highest BCUT2D eigenvalue weighted by molar-refractivity contribution is 7.85. The van der Waals surface area contributed by atoms with Crippen LogP contribution in [0.3, 0.4) is 0 Å². The molecule has 0 radical (unpaired) electrons. The average molecular weight is 384 g/mol. The number of hydrogen-bond donors (Lipinski definition) is 1. The van der Waals surface area contributed by atoms with E-state index in [1.54, 1.807) is 0 Å². The van der Waals surface area contributed by atoms with Crippen LogP contribution in [0, 0.1) is 6.92 Å². The minimum Gasteiger partial charge on any atom is -0.300 e. The van der Waals surface area contributed by atoms with Crippen LogP contribution in [0.15, 0.2) is 101 Å². The molecule has 1 saturated heterocycles. The van der Waals surface area contributed by atoms with Crippen molar-refractivity contribution in [3.05, 3.63) is 108 Å². The van der Waals surface area contributed by atoms with E-state index < -0.39 is 10.8 Å². The van der Waals surface area contributed by atoms with E-state index >= 15 is 0 Å². The maximum absolute atomic E-state index is 13.2. The molecule has 1 aliphatic rings. The standard InChI is InChI=1S/C25H21NOS/c1-17-10-14-21(15-11-17)28(27)23-9-5-4-8-22(23)25-24(26-25)20-13-12-18-6-2-3-7-19(18)16-20/h2-16,24-26H,1H3/t24-,25-,28+/m1/s1. The molecule has 138 valence electrons. The van der Waals surface area contributed by atoms with Gasteiger partial charge in [0.15, 0.2) is 0 Å². The summed E-state index contributed by atoms with van der Waals surface area (Å²) in [7, 11) is -1.18. The third kappa shape index (κ3) is 3.17. The number of nitrogens with one attached hydrogen (secondary N) is 1. The molecule has 1 aliphatic heterocycles. The third-order valence-corrected chi connectivity index (χ3v) is 6.88. The van der Waals surface area contributed by atoms with E-state index in [0.29, 0.717) is 0 Å². The van der Waals surface area contributed by atoms with Crippen molar-refractivity contribution in [2.24, 2.45) is 0 Å². The Bertz CT molecular complexity index is 1180. The maximum atomic E-state index is 13.2. The Morgan fingerprint density at radius 3 is 2.29 bits per heavy atom. The van der Waals surface area contributed by atoms with Crippen molar-refractivity contribution in [2.45, 2.75) is 28.8 Å². The lowest BCUT2D eigenvalue weighted by Crippen LogP contribution is -1.99. The summed E-state index contributed by atoms with van der Waals surface area (Å²) >= 11 is 0. The fourth-order valence-corrected chi connectivity index (χ4v) is 5.04. The van der Waals surface area contributed by atoms with Gasteiger partial charge in [-0.05, 0) is 53.1 Å². The molecule has 4 aromatic carbocycles. The number of aryl methyl sites for hydroxylation is 1. The average Bonchev–Trinajstić information content (AvgIpc) is 3.54. The van der Waals surface area contributed by atoms with Crippen molar-refractivity contribution < 1.29 is 4.21 Å². The fraction of sp³-hybridized carbons (Fsp3) is 0.120. The van der Waals surface area contributed by atoms with E-state index in [9.17, 15) is 4.21 Å². The Morgan fingerprint density at radius 2 is 1.46 bits per heavy atom. The number of hydrogen-bond acceptors (Lipinski definition) is 2. The van der Waals surface area contributed by atoms with Crippen LogP contribution < -0.4 is 5.32 Å². The first-order valence-corrected chi connectivity index (χ1v) is 10.7. The van der Waals surface area contributed by atoms with Crippen LogP contribution in [0.2, 0.25) is 0 Å². The molecule has 0 bridgehead atoms. The van der Waals surface area contributed by atoms with E-state index in [0.717, 1.165) is 15.4 Å². The lowest BCUT2D eigenvalue weighted by atomic mass is 10.0. The maximum Gasteiger partial charge on any atom is 0.0853 e. The van der Waals surface area contributed by atoms with Crippen LogP contribution in [0.25, 0.3) is 10.8 Å². The second-order valence-corrected chi connectivity index (χ2v) is 8.80. The van der Waals surface area contributed by atoms with Crippen molar-refractivity contribution in [1.82, 2.24) is 5.32 Å². The van der Waals surface area contributed by atoms with Crippen LogP contribution in [0.1, 0.15) is 28.8 Å². The van der Waals surface area contributed by atoms with Crippen molar-refractivity contribution in [3.63, 3.8) is 0 Å². The highest BCUT2D eigenvalue weighted by Crippen LogP contribution is 2.45. The summed E-state index contributed by atoms with van der Waals surface area (Å²) in [6.07, 6.45) is 0. The van der Waals surface area contributed by atoms with Gasteiger partial charge < -0.3 is 0 Å². The zero-order valence-corrected chi connectivity index (χ0v) is 16.4. The molecule has 0 spiro atoms. The molecule has 28 heavy (non-hydrogen) atoms. The van der Waals surface area contributed by atoms with E-state index in [2.05, 4.69) is 53.8 Å². The van der Waals surface area contributed by atoms with Crippen molar-refractivity contribution in [1.29, 1.82) is 0 Å². The smallest absolute Gasteiger partial charge is 0.0853 e. The summed E-state index contributed by atoms with van der Waals surface area (Å²) in [5.41, 5.74) is 3.58. The predicted octanol–water partition coefficient (Wildman–Crippen LogP) is 5.70. The Balaban J connectivity index is 1.46. The Kier molecular flexibility index (Phi) is 4.34. The Hall–Kier alpha value is -2.75. The van der Waals surface area contributed by atoms with E-state index in [1.807, 2.05) is 49.4 Å². The molecule has 3 heteroatoms. The SMILES string of the molecule is Cc1ccc([S@](=O)c2ccccc2[C@H]2N[C@@H]2c2ccc3ccccc3c2)cc1. The zero-order chi connectivity index (χ0) is 19.1. The largest absolute Gasteiger partial charge is 0.300 e. The fourth-order valence-electron chi connectivity index (χ4n) is 3.79. The normalized spacial score (nSPS) is 19.5. The molecule has 0 amide bonds. The minimum absolute atomic E-state index is 0.201. The molecule has 1 heterocycles. The zero-order valence-electron chi connectivity index (χ0n) is 15.6. The quantitative estimate of drug-likeness (QED) is 0.459. The molecular formula is C25H21NOS. The lowest BCUT2D eigenvalue weighted by molar-refractivity contribution is 0.682. The molecular weight excluding hydrogens is 362 g/mol. The first kappa shape index (κ1) is 17.4. The molecule has 1 N–H and O–H groups in total. The number of rotatable bonds is 4. The van der Waals surface area contributed by atoms with E-state index in [-0.39, 0.29) is 12.1 Å². The summed E-state index contributed by atoms with van der Waals surface area (Å²) < 4.78 is 13.2. The summed E-state index contributed by atoms with van der Waals surface area (Å²) in [6.45, 7) is 2.04. The molecule has 2 nitrogen and oxygen atoms in total. The van der Waals surface area contributed by atoms with Crippen LogP contribution in [0.4, 0.5) is 0 Å². The van der Waals surface area contributed by atoms with Crippen LogP contribution >= 0.6 is 0 Å². The summed E-state index contributed by atoms with van der Waals surface area (Å²) in [5, 5.41) is 6.10. The first-order chi connectivity index (χ1) is 13.7. The van der Waals surface area contributed by atoms with Gasteiger partial charge in [-0.2, -0.15) is 0 Å². The molecule has 0 aliphatic carbocycles. The molecule has 0 saturated carbocycles. The van der Waals surface area contributed by atoms with Gasteiger partial charge in [0.1, 0.15) is 0 Å². The van der Waals surface area contributed by atoms with Gasteiger partial charge in [-0.25, -0.2) is 4.21 Å². The van der Waals surface area contributed by atoms with E-state index in [4.69, 9.17) is 0 Å². The van der Waals surface area contributed by atoms with Gasteiger partial charge in [0, 0.05) is 9.79 Å². The monoisotopic (exact) mass is 383 g/mol. The van der Waals surface area contributed by atoms with Gasteiger partial charge in [-0.1, -0.05) is 72.3 Å². The summed E-state index contributed by atoms with van der Waals surface area (Å²) in [6, 6.07) is 31.6. The van der Waals surface area contributed by atoms with Gasteiger partial charge in [0.05, 0.1) is 22.9 Å². The van der Waals surface area contributed by atoms with Gasteiger partial charge in [0.2, 0.25) is 0 Å². The molecule has 0 aromatic heterocycles. The first-order valence-electron chi connectivity index (χ1n) is 9.53. The highest BCUT2D eigenvalue weighted by atomic mass is 32.2. The molecule has 1 fully saturated rings. The molecule has 3 atom stereocenters. The van der Waals surface area contributed by atoms with Gasteiger partial charge in [-0.15, -0.1) is 0 Å². The summed E-state index contributed by atoms with van der Waals surface area (Å²) in [4.78, 5) is 1.74. The highest BCUT2D eigenvalue weighted by Gasteiger charge is 2.40. The second kappa shape index (κ2) is 7.01. The number of benzene rings is 4. The number of fused-ring (bicyclic) bond motifs is 1. The van der Waals surface area contributed by atoms with Gasteiger partial charge in [0.25, 0.3) is 0 Å². The van der Waals surface area contributed by atoms with Crippen LogP contribution in [0.5, 0.6) is 0 Å². The Morgan fingerprint density at radius 1 is 0.750 bits per heavy atom. The van der Waals surface area contributed by atoms with Gasteiger partial charge in [-0.3, -0.25) is 5.32 Å². The van der Waals surface area contributed by atoms with Crippen LogP contribution in [-0.4, -0.2) is 4.21 Å². The minimum atomic E-state index is -1.18. The van der Waals surface area contributed by atoms with Gasteiger partial charge >= 0.3 is 0 Å². The van der Waals surface area contributed by atoms with Crippen molar-refractivity contribution in [2.75, 3.05) is 0 Å². The lowest BCUT2D eigenvalue weighted by Gasteiger charge is -2.09. The Labute approximate surface area is 167 Å². The van der Waals surface area contributed by atoms with Crippen molar-refractivity contribution in [3.8, 4) is 0 Å². The summed E-state index contributed by atoms with van der Waals surface area (Å²) in [5.74, 6) is 0.